The van der Waals surface area contributed by atoms with Crippen molar-refractivity contribution in [1.82, 2.24) is 9.97 Å². The van der Waals surface area contributed by atoms with E-state index in [1.54, 1.807) is 0 Å². The van der Waals surface area contributed by atoms with Crippen molar-refractivity contribution in [2.45, 2.75) is 13.5 Å². The van der Waals surface area contributed by atoms with E-state index in [1.165, 1.54) is 5.56 Å². The highest BCUT2D eigenvalue weighted by molar-refractivity contribution is 9.10. The normalized spacial score (nSPS) is 11.0. The number of rotatable bonds is 1. The Morgan fingerprint density at radius 3 is 3.00 bits per heavy atom. The van der Waals surface area contributed by atoms with Crippen molar-refractivity contribution in [3.8, 4) is 0 Å². The first-order valence-electron chi connectivity index (χ1n) is 4.05. The van der Waals surface area contributed by atoms with Crippen molar-refractivity contribution in [3.05, 3.63) is 28.0 Å². The first-order valence-corrected chi connectivity index (χ1v) is 4.85. The molecule has 0 unspecified atom stereocenters. The highest BCUT2D eigenvalue weighted by atomic mass is 79.9. The fraction of sp³-hybridized carbons (Fsp3) is 0.222. The summed E-state index contributed by atoms with van der Waals surface area (Å²) in [5, 5.41) is 0. The van der Waals surface area contributed by atoms with E-state index in [0.29, 0.717) is 6.54 Å². The predicted molar refractivity (Wildman–Crippen MR) is 56.4 cm³/mol. The smallest absolute Gasteiger partial charge is 0.121 e. The third kappa shape index (κ3) is 1.47. The molecule has 0 spiro atoms. The van der Waals surface area contributed by atoms with Crippen LogP contribution in [0.5, 0.6) is 0 Å². The second kappa shape index (κ2) is 3.12. The van der Waals surface area contributed by atoms with Gasteiger partial charge >= 0.3 is 0 Å². The quantitative estimate of drug-likeness (QED) is 0.801. The molecule has 4 heteroatoms. The summed E-state index contributed by atoms with van der Waals surface area (Å²) in [7, 11) is 0. The molecular weight excluding hydrogens is 230 g/mol. The third-order valence-corrected chi connectivity index (χ3v) is 2.53. The van der Waals surface area contributed by atoms with Crippen molar-refractivity contribution < 1.29 is 0 Å². The molecule has 1 aromatic carbocycles. The number of imidazole rings is 1. The van der Waals surface area contributed by atoms with E-state index in [0.717, 1.165) is 21.3 Å². The summed E-state index contributed by atoms with van der Waals surface area (Å²) < 4.78 is 1.01. The number of nitrogens with two attached hydrogens (primary N) is 1. The Balaban J connectivity index is 2.75. The molecule has 2 aromatic rings. The predicted octanol–water partition coefficient (Wildman–Crippen LogP) is 2.09. The number of halogens is 1. The molecule has 3 nitrogen and oxygen atoms in total. The molecule has 0 amide bonds. The van der Waals surface area contributed by atoms with Crippen molar-refractivity contribution in [1.29, 1.82) is 0 Å². The minimum atomic E-state index is 0.445. The Bertz CT molecular complexity index is 447. The van der Waals surface area contributed by atoms with Crippen LogP contribution in [0, 0.1) is 6.92 Å². The monoisotopic (exact) mass is 239 g/mol. The van der Waals surface area contributed by atoms with E-state index >= 15 is 0 Å². The van der Waals surface area contributed by atoms with Gasteiger partial charge in [-0.3, -0.25) is 0 Å². The van der Waals surface area contributed by atoms with Crippen molar-refractivity contribution >= 4 is 27.0 Å². The molecule has 0 aliphatic rings. The molecule has 0 radical (unpaired) electrons. The fourth-order valence-electron chi connectivity index (χ4n) is 1.36. The van der Waals surface area contributed by atoms with E-state index in [4.69, 9.17) is 5.73 Å². The van der Waals surface area contributed by atoms with Crippen LogP contribution in [0.1, 0.15) is 11.4 Å². The number of hydrogen-bond acceptors (Lipinski definition) is 2. The Labute approximate surface area is 84.5 Å². The number of aryl methyl sites for hydroxylation is 1. The molecule has 13 heavy (non-hydrogen) atoms. The molecule has 2 rings (SSSR count). The van der Waals surface area contributed by atoms with Crippen molar-refractivity contribution in [2.75, 3.05) is 0 Å². The van der Waals surface area contributed by atoms with E-state index in [-0.39, 0.29) is 0 Å². The second-order valence-corrected chi connectivity index (χ2v) is 3.88. The van der Waals surface area contributed by atoms with Crippen LogP contribution in [0.4, 0.5) is 0 Å². The Hall–Kier alpha value is -0.870. The van der Waals surface area contributed by atoms with Gasteiger partial charge < -0.3 is 10.7 Å². The van der Waals surface area contributed by atoms with Gasteiger partial charge in [-0.1, -0.05) is 0 Å². The number of hydrogen-bond donors (Lipinski definition) is 2. The fourth-order valence-corrected chi connectivity index (χ4v) is 2.02. The van der Waals surface area contributed by atoms with Crippen LogP contribution in [-0.4, -0.2) is 9.97 Å². The van der Waals surface area contributed by atoms with Crippen LogP contribution in [-0.2, 0) is 6.54 Å². The lowest BCUT2D eigenvalue weighted by molar-refractivity contribution is 0.958. The van der Waals surface area contributed by atoms with Crippen LogP contribution < -0.4 is 5.73 Å². The maximum Gasteiger partial charge on any atom is 0.121 e. The average molecular weight is 240 g/mol. The zero-order chi connectivity index (χ0) is 9.42. The van der Waals surface area contributed by atoms with Crippen LogP contribution in [0.15, 0.2) is 16.6 Å². The molecule has 1 aromatic heterocycles. The van der Waals surface area contributed by atoms with Crippen molar-refractivity contribution in [2.24, 2.45) is 5.73 Å². The van der Waals surface area contributed by atoms with Gasteiger partial charge in [0.1, 0.15) is 11.3 Å². The van der Waals surface area contributed by atoms with E-state index in [2.05, 4.69) is 32.0 Å². The van der Waals surface area contributed by atoms with E-state index < -0.39 is 0 Å². The van der Waals surface area contributed by atoms with Gasteiger partial charge in [-0.05, 0) is 40.5 Å². The largest absolute Gasteiger partial charge is 0.341 e. The minimum Gasteiger partial charge on any atom is -0.341 e. The topological polar surface area (TPSA) is 54.7 Å². The van der Waals surface area contributed by atoms with Crippen LogP contribution in [0.25, 0.3) is 11.0 Å². The highest BCUT2D eigenvalue weighted by Crippen LogP contribution is 2.23. The number of nitrogens with one attached hydrogen (secondary N) is 1. The van der Waals surface area contributed by atoms with Gasteiger partial charge in [0.25, 0.3) is 0 Å². The lowest BCUT2D eigenvalue weighted by Crippen LogP contribution is -1.97. The van der Waals surface area contributed by atoms with Crippen LogP contribution in [0.2, 0.25) is 0 Å². The molecule has 1 heterocycles. The summed E-state index contributed by atoms with van der Waals surface area (Å²) in [5.41, 5.74) is 8.68. The van der Waals surface area contributed by atoms with Crippen molar-refractivity contribution in [3.63, 3.8) is 0 Å². The first kappa shape index (κ1) is 8.72. The minimum absolute atomic E-state index is 0.445. The molecular formula is C9H10BrN3. The Kier molecular flexibility index (Phi) is 2.09. The maximum atomic E-state index is 5.49. The SMILES string of the molecule is Cc1cc(Br)c2nc(CN)[nH]c2c1. The Morgan fingerprint density at radius 2 is 2.31 bits per heavy atom. The molecule has 0 aliphatic carbocycles. The number of benzene rings is 1. The number of aromatic amines is 1. The van der Waals surface area contributed by atoms with Gasteiger partial charge in [-0.15, -0.1) is 0 Å². The standard InChI is InChI=1S/C9H10BrN3/c1-5-2-6(10)9-7(3-5)12-8(4-11)13-9/h2-3H,4,11H2,1H3,(H,12,13). The third-order valence-electron chi connectivity index (χ3n) is 1.93. The number of H-pyrrole nitrogens is 1. The van der Waals surface area contributed by atoms with Gasteiger partial charge in [0.2, 0.25) is 0 Å². The highest BCUT2D eigenvalue weighted by Gasteiger charge is 2.05. The Morgan fingerprint density at radius 1 is 1.54 bits per heavy atom. The van der Waals surface area contributed by atoms with Gasteiger partial charge in [-0.2, -0.15) is 0 Å². The molecule has 68 valence electrons. The molecule has 3 N–H and O–H groups in total. The lowest BCUT2D eigenvalue weighted by Gasteiger charge is -1.94. The number of fused-ring (bicyclic) bond motifs is 1. The number of nitrogens with zero attached hydrogens (tertiary/aromatic N) is 1. The molecule has 0 saturated heterocycles. The summed E-state index contributed by atoms with van der Waals surface area (Å²) in [5.74, 6) is 0.821. The number of aromatic nitrogens is 2. The van der Waals surface area contributed by atoms with E-state index in [9.17, 15) is 0 Å². The van der Waals surface area contributed by atoms with Crippen LogP contribution >= 0.6 is 15.9 Å². The van der Waals surface area contributed by atoms with Gasteiger partial charge in [0.05, 0.1) is 12.1 Å². The summed E-state index contributed by atoms with van der Waals surface area (Å²) in [6.07, 6.45) is 0. The lowest BCUT2D eigenvalue weighted by atomic mass is 10.2. The molecule has 0 bridgehead atoms. The summed E-state index contributed by atoms with van der Waals surface area (Å²) in [4.78, 5) is 7.51. The zero-order valence-electron chi connectivity index (χ0n) is 7.26. The second-order valence-electron chi connectivity index (χ2n) is 3.03. The average Bonchev–Trinajstić information content (AvgIpc) is 2.47. The van der Waals surface area contributed by atoms with Gasteiger partial charge in [-0.25, -0.2) is 4.98 Å². The summed E-state index contributed by atoms with van der Waals surface area (Å²) in [6, 6.07) is 4.11. The van der Waals surface area contributed by atoms with Crippen LogP contribution in [0.3, 0.4) is 0 Å². The molecule has 0 atom stereocenters. The molecule has 0 fully saturated rings. The summed E-state index contributed by atoms with van der Waals surface area (Å²) in [6.45, 7) is 2.49. The van der Waals surface area contributed by atoms with Gasteiger partial charge in [0.15, 0.2) is 0 Å². The van der Waals surface area contributed by atoms with E-state index in [1.807, 2.05) is 13.0 Å². The maximum absolute atomic E-state index is 5.49. The molecule has 0 saturated carbocycles. The molecule has 0 aliphatic heterocycles. The zero-order valence-corrected chi connectivity index (χ0v) is 8.85. The first-order chi connectivity index (χ1) is 6.20. The summed E-state index contributed by atoms with van der Waals surface area (Å²) >= 11 is 3.47. The van der Waals surface area contributed by atoms with Gasteiger partial charge in [0, 0.05) is 4.47 Å².